The molecule has 2 radical (unpaired) electrons. The van der Waals surface area contributed by atoms with Crippen molar-refractivity contribution in [1.82, 2.24) is 24.6 Å². The van der Waals surface area contributed by atoms with E-state index in [0.717, 1.165) is 23.7 Å². The summed E-state index contributed by atoms with van der Waals surface area (Å²) in [5.41, 5.74) is 3.03. The van der Waals surface area contributed by atoms with Crippen molar-refractivity contribution in [3.05, 3.63) is 60.3 Å². The van der Waals surface area contributed by atoms with E-state index in [-0.39, 0.29) is 5.69 Å². The molecule has 0 bridgehead atoms. The smallest absolute Gasteiger partial charge is 0.200 e. The quantitative estimate of drug-likeness (QED) is 0.576. The van der Waals surface area contributed by atoms with Gasteiger partial charge in [-0.3, -0.25) is 9.97 Å². The van der Waals surface area contributed by atoms with E-state index >= 15 is 0 Å². The molecule has 0 amide bonds. The average Bonchev–Trinajstić information content (AvgIpc) is 3.07. The number of rotatable bonds is 4. The minimum absolute atomic E-state index is 0.284. The van der Waals surface area contributed by atoms with Gasteiger partial charge in [0.15, 0.2) is 11.6 Å². The van der Waals surface area contributed by atoms with Gasteiger partial charge in [-0.15, -0.1) is 5.10 Å². The number of hydrogen-bond donors (Lipinski definition) is 1. The Morgan fingerprint density at radius 2 is 2.12 bits per heavy atom. The molecule has 1 N–H and O–H groups in total. The van der Waals surface area contributed by atoms with E-state index in [0.29, 0.717) is 22.9 Å². The molecule has 6 nitrogen and oxygen atoms in total. The highest BCUT2D eigenvalue weighted by atomic mass is 19.1. The molecule has 0 atom stereocenters. The van der Waals surface area contributed by atoms with Crippen LogP contribution in [0.15, 0.2) is 48.9 Å². The van der Waals surface area contributed by atoms with Gasteiger partial charge >= 0.3 is 0 Å². The molecule has 126 valence electrons. The number of hydrogen-bond acceptors (Lipinski definition) is 5. The first kappa shape index (κ1) is 16.2. The summed E-state index contributed by atoms with van der Waals surface area (Å²) < 4.78 is 15.7. The summed E-state index contributed by atoms with van der Waals surface area (Å²) in [7, 11) is 5.77. The Labute approximate surface area is 150 Å². The van der Waals surface area contributed by atoms with Crippen molar-refractivity contribution >= 4 is 30.5 Å². The lowest BCUT2D eigenvalue weighted by molar-refractivity contribution is 0.625. The summed E-state index contributed by atoms with van der Waals surface area (Å²) in [6.45, 7) is 2.05. The van der Waals surface area contributed by atoms with Gasteiger partial charge < -0.3 is 5.32 Å². The number of anilines is 2. The van der Waals surface area contributed by atoms with Crippen molar-refractivity contribution in [1.29, 1.82) is 0 Å². The Kier molecular flexibility index (Phi) is 4.08. The second kappa shape index (κ2) is 6.55. The number of aryl methyl sites for hydroxylation is 1. The van der Waals surface area contributed by atoms with Gasteiger partial charge in [-0.25, -0.2) is 13.9 Å². The number of pyridine rings is 2. The molecule has 0 fully saturated rings. The van der Waals surface area contributed by atoms with E-state index in [1.807, 2.05) is 12.3 Å². The fourth-order valence-corrected chi connectivity index (χ4v) is 2.63. The largest absolute Gasteiger partial charge is 0.336 e. The van der Waals surface area contributed by atoms with Gasteiger partial charge in [0, 0.05) is 12.4 Å². The number of nitrogens with zero attached hydrogens (tertiary/aromatic N) is 5. The van der Waals surface area contributed by atoms with E-state index < -0.39 is 5.82 Å². The van der Waals surface area contributed by atoms with Crippen LogP contribution in [-0.2, 0) is 6.42 Å². The van der Waals surface area contributed by atoms with Crippen molar-refractivity contribution in [3.8, 4) is 11.5 Å². The van der Waals surface area contributed by atoms with Crippen LogP contribution >= 0.6 is 0 Å². The number of fused-ring (bicyclic) bond motifs is 1. The van der Waals surface area contributed by atoms with Crippen LogP contribution in [0.5, 0.6) is 0 Å². The maximum atomic E-state index is 14.0. The van der Waals surface area contributed by atoms with E-state index in [4.69, 9.17) is 7.85 Å². The first-order valence-corrected chi connectivity index (χ1v) is 8.13. The molecule has 4 aromatic rings. The first-order valence-electron chi connectivity index (χ1n) is 8.13. The second-order valence-corrected chi connectivity index (χ2v) is 5.74. The standard InChI is InChI=1S/C18H14BFN6/c1-2-11-8-15-18(23-13-6-7-21-9-12(13)20)24-17(25-26(15)10-11)14-4-3-5-16(19)22-14/h3-10H,2H2,1H3,(H,21,23,24,25). The highest BCUT2D eigenvalue weighted by molar-refractivity contribution is 6.30. The summed E-state index contributed by atoms with van der Waals surface area (Å²) in [6.07, 6.45) is 5.43. The lowest BCUT2D eigenvalue weighted by atomic mass is 10.0. The third-order valence-electron chi connectivity index (χ3n) is 3.95. The topological polar surface area (TPSA) is 68.0 Å². The fourth-order valence-electron chi connectivity index (χ4n) is 2.63. The van der Waals surface area contributed by atoms with Gasteiger partial charge in [0.05, 0.1) is 11.9 Å². The minimum atomic E-state index is -0.463. The van der Waals surface area contributed by atoms with Crippen LogP contribution in [0.25, 0.3) is 17.0 Å². The average molecular weight is 344 g/mol. The third-order valence-corrected chi connectivity index (χ3v) is 3.95. The monoisotopic (exact) mass is 344 g/mol. The molecule has 0 aliphatic rings. The molecule has 0 saturated heterocycles. The molecule has 0 spiro atoms. The number of aromatic nitrogens is 5. The van der Waals surface area contributed by atoms with Crippen LogP contribution in [0.2, 0.25) is 0 Å². The fraction of sp³-hybridized carbons (Fsp3) is 0.111. The van der Waals surface area contributed by atoms with Gasteiger partial charge in [-0.1, -0.05) is 19.1 Å². The summed E-state index contributed by atoms with van der Waals surface area (Å²) in [5, 5.41) is 7.55. The van der Waals surface area contributed by atoms with Crippen molar-refractivity contribution in [2.45, 2.75) is 13.3 Å². The Morgan fingerprint density at radius 1 is 1.23 bits per heavy atom. The normalized spacial score (nSPS) is 11.0. The molecule has 0 aromatic carbocycles. The van der Waals surface area contributed by atoms with E-state index in [2.05, 4.69) is 32.3 Å². The van der Waals surface area contributed by atoms with Crippen LogP contribution in [0, 0.1) is 5.82 Å². The van der Waals surface area contributed by atoms with Crippen LogP contribution < -0.4 is 10.9 Å². The van der Waals surface area contributed by atoms with Crippen molar-refractivity contribution in [3.63, 3.8) is 0 Å². The molecule has 0 aliphatic heterocycles. The van der Waals surface area contributed by atoms with Crippen molar-refractivity contribution in [2.24, 2.45) is 0 Å². The maximum Gasteiger partial charge on any atom is 0.200 e. The van der Waals surface area contributed by atoms with Crippen molar-refractivity contribution < 1.29 is 4.39 Å². The molecule has 4 heterocycles. The van der Waals surface area contributed by atoms with Gasteiger partial charge in [0.25, 0.3) is 0 Å². The van der Waals surface area contributed by atoms with Gasteiger partial charge in [0.2, 0.25) is 5.82 Å². The first-order chi connectivity index (χ1) is 12.6. The molecule has 8 heteroatoms. The molecule has 4 aromatic heterocycles. The third kappa shape index (κ3) is 3.01. The predicted molar refractivity (Wildman–Crippen MR) is 98.5 cm³/mol. The summed E-state index contributed by atoms with van der Waals surface area (Å²) in [5.74, 6) is 0.402. The van der Waals surface area contributed by atoms with Gasteiger partial charge in [0.1, 0.15) is 19.1 Å². The van der Waals surface area contributed by atoms with E-state index in [1.165, 1.54) is 6.20 Å². The Morgan fingerprint density at radius 3 is 2.88 bits per heavy atom. The molecule has 26 heavy (non-hydrogen) atoms. The SMILES string of the molecule is [B]c1cccc(-c2nc(Nc3ccncc3F)c3cc(CC)cn3n2)n1. The lowest BCUT2D eigenvalue weighted by Gasteiger charge is -2.10. The van der Waals surface area contributed by atoms with Gasteiger partial charge in [-0.2, -0.15) is 0 Å². The van der Waals surface area contributed by atoms with Crippen LogP contribution in [0.4, 0.5) is 15.9 Å². The van der Waals surface area contributed by atoms with Crippen molar-refractivity contribution in [2.75, 3.05) is 5.32 Å². The predicted octanol–water partition coefficient (Wildman–Crippen LogP) is 2.43. The molecule has 0 unspecified atom stereocenters. The minimum Gasteiger partial charge on any atom is -0.336 e. The summed E-state index contributed by atoms with van der Waals surface area (Å²) in [6, 6.07) is 8.78. The Balaban J connectivity index is 1.89. The van der Waals surface area contributed by atoms with Gasteiger partial charge in [-0.05, 0) is 35.8 Å². The number of nitrogens with one attached hydrogen (secondary N) is 1. The maximum absolute atomic E-state index is 14.0. The van der Waals surface area contributed by atoms with Crippen LogP contribution in [-0.4, -0.2) is 32.4 Å². The molecular weight excluding hydrogens is 330 g/mol. The molecular formula is C18H14BFN6. The highest BCUT2D eigenvalue weighted by Crippen LogP contribution is 2.25. The second-order valence-electron chi connectivity index (χ2n) is 5.74. The molecule has 0 saturated carbocycles. The van der Waals surface area contributed by atoms with Crippen LogP contribution in [0.1, 0.15) is 12.5 Å². The van der Waals surface area contributed by atoms with E-state index in [1.54, 1.807) is 28.8 Å². The Hall–Kier alpha value is -3.29. The summed E-state index contributed by atoms with van der Waals surface area (Å²) >= 11 is 0. The highest BCUT2D eigenvalue weighted by Gasteiger charge is 2.14. The lowest BCUT2D eigenvalue weighted by Crippen LogP contribution is -2.10. The molecule has 0 aliphatic carbocycles. The summed E-state index contributed by atoms with van der Waals surface area (Å²) in [4.78, 5) is 12.6. The number of halogens is 1. The van der Waals surface area contributed by atoms with Crippen LogP contribution in [0.3, 0.4) is 0 Å². The molecule has 4 rings (SSSR count). The zero-order chi connectivity index (χ0) is 18.1. The zero-order valence-electron chi connectivity index (χ0n) is 14.0. The Bertz CT molecular complexity index is 1090. The zero-order valence-corrected chi connectivity index (χ0v) is 14.0. The van der Waals surface area contributed by atoms with E-state index in [9.17, 15) is 4.39 Å².